The molecule has 1 amide bonds. The summed E-state index contributed by atoms with van der Waals surface area (Å²) < 4.78 is 10.6. The van der Waals surface area contributed by atoms with Crippen LogP contribution in [0.3, 0.4) is 0 Å². The fraction of sp³-hybridized carbons (Fsp3) is 0.500. The minimum atomic E-state index is 0.135. The van der Waals surface area contributed by atoms with E-state index in [0.29, 0.717) is 17.6 Å². The van der Waals surface area contributed by atoms with Gasteiger partial charge in [-0.1, -0.05) is 48.7 Å². The molecule has 3 aromatic rings. The Hall–Kier alpha value is -3.41. The van der Waals surface area contributed by atoms with Crippen LogP contribution in [0.25, 0.3) is 12.2 Å². The molecule has 0 saturated heterocycles. The Morgan fingerprint density at radius 1 is 1.00 bits per heavy atom. The third kappa shape index (κ3) is 5.45. The van der Waals surface area contributed by atoms with Crippen LogP contribution in [0.4, 0.5) is 5.69 Å². The second-order valence-corrected chi connectivity index (χ2v) is 12.4. The number of amides is 1. The molecule has 0 atom stereocenters. The lowest BCUT2D eigenvalue weighted by Crippen LogP contribution is -2.51. The third-order valence-corrected chi connectivity index (χ3v) is 9.96. The minimum Gasteiger partial charge on any atom is -0.497 e. The van der Waals surface area contributed by atoms with E-state index in [1.54, 1.807) is 7.11 Å². The Labute approximate surface area is 237 Å². The largest absolute Gasteiger partial charge is 0.497 e. The van der Waals surface area contributed by atoms with Crippen LogP contribution in [0.15, 0.2) is 53.1 Å². The molecule has 0 aliphatic heterocycles. The maximum atomic E-state index is 14.1. The first-order chi connectivity index (χ1) is 19.5. The van der Waals surface area contributed by atoms with Gasteiger partial charge in [0.15, 0.2) is 5.82 Å². The summed E-state index contributed by atoms with van der Waals surface area (Å²) in [4.78, 5) is 20.6. The van der Waals surface area contributed by atoms with Gasteiger partial charge in [0.2, 0.25) is 5.91 Å². The predicted octanol–water partition coefficient (Wildman–Crippen LogP) is 7.76. The molecule has 40 heavy (non-hydrogen) atoms. The molecule has 0 radical (unpaired) electrons. The Balaban J connectivity index is 1.24. The van der Waals surface area contributed by atoms with Gasteiger partial charge in [-0.25, -0.2) is 0 Å². The normalized spacial score (nSPS) is 24.9. The molecule has 2 aromatic carbocycles. The fourth-order valence-electron chi connectivity index (χ4n) is 7.42. The quantitative estimate of drug-likeness (QED) is 0.293. The molecule has 6 nitrogen and oxygen atoms in total. The molecule has 4 fully saturated rings. The molecular weight excluding hydrogens is 498 g/mol. The Kier molecular flexibility index (Phi) is 7.52. The maximum absolute atomic E-state index is 14.1. The molecule has 2 bridgehead atoms. The van der Waals surface area contributed by atoms with Crippen LogP contribution in [0.1, 0.15) is 93.5 Å². The molecule has 4 aliphatic rings. The van der Waals surface area contributed by atoms with E-state index in [2.05, 4.69) is 63.6 Å². The van der Waals surface area contributed by atoms with E-state index in [4.69, 9.17) is 9.26 Å². The lowest BCUT2D eigenvalue weighted by atomic mass is 9.51. The van der Waals surface area contributed by atoms with Crippen LogP contribution in [0, 0.1) is 18.3 Å². The highest BCUT2D eigenvalue weighted by Crippen LogP contribution is 2.58. The van der Waals surface area contributed by atoms with Crippen molar-refractivity contribution in [1.29, 1.82) is 0 Å². The number of hydrogen-bond acceptors (Lipinski definition) is 5. The van der Waals surface area contributed by atoms with E-state index in [1.807, 2.05) is 19.1 Å². The second kappa shape index (κ2) is 11.2. The average molecular weight is 540 g/mol. The molecule has 1 aromatic heterocycles. The number of aromatic nitrogens is 2. The molecule has 0 N–H and O–H groups in total. The summed E-state index contributed by atoms with van der Waals surface area (Å²) >= 11 is 0. The first-order valence-electron chi connectivity index (χ1n) is 15.0. The van der Waals surface area contributed by atoms with Crippen molar-refractivity contribution in [2.75, 3.05) is 18.6 Å². The summed E-state index contributed by atoms with van der Waals surface area (Å²) in [6.45, 7) is 2.63. The number of carbonyl (C=O) groups excluding carboxylic acids is 1. The smallest absolute Gasteiger partial charge is 0.250 e. The number of hydrogen-bond donors (Lipinski definition) is 0. The van der Waals surface area contributed by atoms with Crippen LogP contribution < -0.4 is 9.64 Å². The van der Waals surface area contributed by atoms with Crippen molar-refractivity contribution in [3.05, 3.63) is 71.4 Å². The molecule has 1 heterocycles. The first kappa shape index (κ1) is 26.8. The summed E-state index contributed by atoms with van der Waals surface area (Å²) in [6, 6.07) is 17.1. The maximum Gasteiger partial charge on any atom is 0.250 e. The van der Waals surface area contributed by atoms with Crippen LogP contribution in [-0.2, 0) is 10.2 Å². The van der Waals surface area contributed by atoms with Gasteiger partial charge in [0, 0.05) is 24.2 Å². The van der Waals surface area contributed by atoms with Crippen LogP contribution in [0.2, 0.25) is 0 Å². The number of nitrogens with zero attached hydrogens (tertiary/aromatic N) is 3. The van der Waals surface area contributed by atoms with Gasteiger partial charge in [-0.2, -0.15) is 4.98 Å². The van der Waals surface area contributed by atoms with Crippen molar-refractivity contribution < 1.29 is 14.1 Å². The SMILES string of the molecule is COc1ccc(C23CCC(CN(C(=O)C4CCCCC4)c4cccc(/C=C/c5nc(C)no5)c4)(CC2)CC3)cc1. The zero-order valence-corrected chi connectivity index (χ0v) is 23.9. The van der Waals surface area contributed by atoms with Gasteiger partial charge in [0.1, 0.15) is 5.75 Å². The van der Waals surface area contributed by atoms with Crippen LogP contribution >= 0.6 is 0 Å². The zero-order chi connectivity index (χ0) is 27.6. The van der Waals surface area contributed by atoms with Gasteiger partial charge in [-0.15, -0.1) is 0 Å². The first-order valence-corrected chi connectivity index (χ1v) is 15.0. The predicted molar refractivity (Wildman–Crippen MR) is 158 cm³/mol. The summed E-state index contributed by atoms with van der Waals surface area (Å²) in [7, 11) is 1.73. The summed E-state index contributed by atoms with van der Waals surface area (Å²) in [5.74, 6) is 2.48. The van der Waals surface area contributed by atoms with Gasteiger partial charge < -0.3 is 14.2 Å². The number of carbonyl (C=O) groups is 1. The lowest BCUT2D eigenvalue weighted by Gasteiger charge is -2.55. The number of fused-ring (bicyclic) bond motifs is 3. The van der Waals surface area contributed by atoms with Gasteiger partial charge >= 0.3 is 0 Å². The number of benzene rings is 2. The van der Waals surface area contributed by atoms with E-state index < -0.39 is 0 Å². The summed E-state index contributed by atoms with van der Waals surface area (Å²) in [6.07, 6.45) is 16.5. The Bertz CT molecular complexity index is 1330. The van der Waals surface area contributed by atoms with Crippen molar-refractivity contribution in [2.24, 2.45) is 11.3 Å². The van der Waals surface area contributed by atoms with Crippen molar-refractivity contribution in [3.8, 4) is 5.75 Å². The topological polar surface area (TPSA) is 68.5 Å². The molecule has 7 rings (SSSR count). The highest BCUT2D eigenvalue weighted by molar-refractivity contribution is 5.95. The van der Waals surface area contributed by atoms with E-state index in [1.165, 1.54) is 50.5 Å². The third-order valence-electron chi connectivity index (χ3n) is 9.96. The van der Waals surface area contributed by atoms with E-state index in [-0.39, 0.29) is 16.7 Å². The molecule has 6 heteroatoms. The number of aryl methyl sites for hydroxylation is 1. The van der Waals surface area contributed by atoms with E-state index in [0.717, 1.165) is 49.2 Å². The van der Waals surface area contributed by atoms with E-state index in [9.17, 15) is 4.79 Å². The van der Waals surface area contributed by atoms with E-state index >= 15 is 0 Å². The average Bonchev–Trinajstić information content (AvgIpc) is 3.45. The number of anilines is 1. The lowest BCUT2D eigenvalue weighted by molar-refractivity contribution is -0.124. The van der Waals surface area contributed by atoms with Crippen molar-refractivity contribution >= 4 is 23.7 Å². The molecule has 4 saturated carbocycles. The molecule has 0 unspecified atom stereocenters. The van der Waals surface area contributed by atoms with Gasteiger partial charge in [-0.05, 0) is 111 Å². The van der Waals surface area contributed by atoms with Gasteiger partial charge in [0.25, 0.3) is 5.89 Å². The Morgan fingerprint density at radius 3 is 2.38 bits per heavy atom. The van der Waals surface area contributed by atoms with Crippen LogP contribution in [-0.4, -0.2) is 29.7 Å². The van der Waals surface area contributed by atoms with Gasteiger partial charge in [-0.3, -0.25) is 4.79 Å². The van der Waals surface area contributed by atoms with Crippen molar-refractivity contribution in [3.63, 3.8) is 0 Å². The Morgan fingerprint density at radius 2 is 1.73 bits per heavy atom. The van der Waals surface area contributed by atoms with Gasteiger partial charge in [0.05, 0.1) is 7.11 Å². The molecule has 210 valence electrons. The second-order valence-electron chi connectivity index (χ2n) is 12.4. The van der Waals surface area contributed by atoms with Crippen molar-refractivity contribution in [2.45, 2.75) is 83.0 Å². The van der Waals surface area contributed by atoms with Crippen molar-refractivity contribution in [1.82, 2.24) is 10.1 Å². The molecule has 0 spiro atoms. The minimum absolute atomic E-state index is 0.135. The molecule has 4 aliphatic carbocycles. The zero-order valence-electron chi connectivity index (χ0n) is 23.9. The number of rotatable bonds is 8. The highest BCUT2D eigenvalue weighted by Gasteiger charge is 2.50. The summed E-state index contributed by atoms with van der Waals surface area (Å²) in [5, 5.41) is 3.87. The molecular formula is C34H41N3O3. The van der Waals surface area contributed by atoms with Crippen LogP contribution in [0.5, 0.6) is 5.75 Å². The monoisotopic (exact) mass is 539 g/mol. The summed E-state index contributed by atoms with van der Waals surface area (Å²) in [5.41, 5.74) is 3.94. The standard InChI is InChI=1S/C34H41N3O3/c1-25-35-31(40-36-25)16-11-26-7-6-10-29(23-26)37(32(38)27-8-4-3-5-9-27)24-33-17-20-34(21-18-33,22-19-33)28-12-14-30(39-2)15-13-28/h6-7,10-16,23,27H,3-5,8-9,17-22,24H2,1-2H3/b16-11+. The highest BCUT2D eigenvalue weighted by atomic mass is 16.5. The number of ether oxygens (including phenoxy) is 1. The fourth-order valence-corrected chi connectivity index (χ4v) is 7.42. The number of methoxy groups -OCH3 is 1.